The minimum atomic E-state index is 0.855. The largest absolute Gasteiger partial charge is 0.454 e. The molecule has 0 aliphatic heterocycles. The maximum atomic E-state index is 6.93. The van der Waals surface area contributed by atoms with Crippen molar-refractivity contribution in [1.82, 2.24) is 8.80 Å². The summed E-state index contributed by atoms with van der Waals surface area (Å²) in [7, 11) is 0. The van der Waals surface area contributed by atoms with Gasteiger partial charge in [0.2, 0.25) is 0 Å². The number of hydrogen-bond acceptors (Lipinski definition) is 4. The predicted molar refractivity (Wildman–Crippen MR) is 365 cm³/mol. The predicted octanol–water partition coefficient (Wildman–Crippen LogP) is 23.0. The van der Waals surface area contributed by atoms with Gasteiger partial charge >= 0.3 is 0 Å². The van der Waals surface area contributed by atoms with E-state index in [4.69, 9.17) is 8.83 Å². The third-order valence-electron chi connectivity index (χ3n) is 18.9. The van der Waals surface area contributed by atoms with Crippen LogP contribution in [0, 0.1) is 20.8 Å². The molecule has 408 valence electrons. The Hall–Kier alpha value is -11.3. The first-order valence-corrected chi connectivity index (χ1v) is 30.0. The van der Waals surface area contributed by atoms with Crippen molar-refractivity contribution < 1.29 is 8.83 Å². The molecule has 0 aliphatic carbocycles. The van der Waals surface area contributed by atoms with Gasteiger partial charge in [0.25, 0.3) is 0 Å². The Morgan fingerprint density at radius 3 is 1.26 bits per heavy atom. The summed E-state index contributed by atoms with van der Waals surface area (Å²) < 4.78 is 19.0. The smallest absolute Gasteiger partial charge is 0.159 e. The molecule has 0 spiro atoms. The number of rotatable bonds is 8. The van der Waals surface area contributed by atoms with Gasteiger partial charge in [-0.25, -0.2) is 0 Å². The van der Waals surface area contributed by atoms with E-state index in [2.05, 4.69) is 300 Å². The molecule has 0 aliphatic rings. The lowest BCUT2D eigenvalue weighted by atomic mass is 9.89. The summed E-state index contributed by atoms with van der Waals surface area (Å²) in [4.78, 5) is 4.85. The molecule has 0 unspecified atom stereocenters. The molecule has 87 heavy (non-hydrogen) atoms. The van der Waals surface area contributed by atoms with Gasteiger partial charge in [0.15, 0.2) is 11.2 Å². The van der Waals surface area contributed by atoms with Crippen LogP contribution in [-0.2, 0) is 0 Å². The lowest BCUT2D eigenvalue weighted by Crippen LogP contribution is -2.13. The van der Waals surface area contributed by atoms with Gasteiger partial charge in [0.1, 0.15) is 11.2 Å². The summed E-state index contributed by atoms with van der Waals surface area (Å²) in [5.41, 5.74) is 25.0. The summed E-state index contributed by atoms with van der Waals surface area (Å²) >= 11 is 0. The van der Waals surface area contributed by atoms with Crippen LogP contribution in [0.2, 0.25) is 0 Å². The molecule has 6 nitrogen and oxygen atoms in total. The van der Waals surface area contributed by atoms with E-state index in [0.29, 0.717) is 0 Å². The second kappa shape index (κ2) is 17.8. The van der Waals surface area contributed by atoms with Crippen molar-refractivity contribution in [2.24, 2.45) is 0 Å². The summed E-state index contributed by atoms with van der Waals surface area (Å²) in [6.45, 7) is 6.63. The molecule has 0 radical (unpaired) electrons. The topological polar surface area (TPSA) is 41.6 Å². The van der Waals surface area contributed by atoms with Crippen LogP contribution in [0.1, 0.15) is 16.7 Å². The highest BCUT2D eigenvalue weighted by Crippen LogP contribution is 2.56. The van der Waals surface area contributed by atoms with E-state index in [9.17, 15) is 0 Å². The van der Waals surface area contributed by atoms with Crippen LogP contribution in [0.25, 0.3) is 142 Å². The second-order valence-electron chi connectivity index (χ2n) is 23.6. The molecule has 0 atom stereocenters. The zero-order chi connectivity index (χ0) is 57.3. The van der Waals surface area contributed by atoms with Crippen LogP contribution < -0.4 is 9.80 Å². The molecule has 19 rings (SSSR count). The number of benzene rings is 13. The number of anilines is 6. The van der Waals surface area contributed by atoms with Crippen LogP contribution >= 0.6 is 0 Å². The monoisotopic (exact) mass is 1110 g/mol. The SMILES string of the molecule is Cc1ccccc1N(c1ccc2c3cccc4c5c(-c6ccccc6)c6c(c(-c7ccccc7)c5n(c2c1)c34)c1cccc2c3ccc(N(c4ccccc4C)c4c(C)ccc5c4oc4ccccc45)cc3n6c21)c1cccc2c1oc1ccccc12. The minimum absolute atomic E-state index is 0.855. The van der Waals surface area contributed by atoms with Crippen LogP contribution in [0.3, 0.4) is 0 Å². The fraction of sp³-hybridized carbons (Fsp3) is 0.0370. The van der Waals surface area contributed by atoms with Gasteiger partial charge in [0.05, 0.1) is 44.5 Å². The van der Waals surface area contributed by atoms with Gasteiger partial charge in [-0.1, -0.05) is 206 Å². The van der Waals surface area contributed by atoms with Crippen molar-refractivity contribution in [3.05, 3.63) is 278 Å². The molecule has 6 heterocycles. The van der Waals surface area contributed by atoms with E-state index < -0.39 is 0 Å². The fourth-order valence-corrected chi connectivity index (χ4v) is 15.2. The number of aromatic nitrogens is 2. The van der Waals surface area contributed by atoms with Gasteiger partial charge in [0, 0.05) is 98.5 Å². The van der Waals surface area contributed by atoms with Crippen LogP contribution in [0.5, 0.6) is 0 Å². The number of para-hydroxylation sites is 7. The maximum absolute atomic E-state index is 6.93. The lowest BCUT2D eigenvalue weighted by Gasteiger charge is -2.28. The third kappa shape index (κ3) is 6.53. The average Bonchev–Trinajstić information content (AvgIpc) is 1.52. The van der Waals surface area contributed by atoms with Crippen LogP contribution in [0.4, 0.5) is 34.1 Å². The molecule has 6 heteroatoms. The third-order valence-corrected chi connectivity index (χ3v) is 18.9. The Kier molecular flexibility index (Phi) is 9.86. The first-order valence-electron chi connectivity index (χ1n) is 30.0. The van der Waals surface area contributed by atoms with Gasteiger partial charge in [-0.3, -0.25) is 0 Å². The number of furan rings is 2. The van der Waals surface area contributed by atoms with Crippen molar-refractivity contribution in [2.45, 2.75) is 20.8 Å². The number of aryl methyl sites for hydroxylation is 3. The molecule has 0 amide bonds. The van der Waals surface area contributed by atoms with Crippen molar-refractivity contribution in [2.75, 3.05) is 9.80 Å². The highest BCUT2D eigenvalue weighted by molar-refractivity contribution is 6.38. The average molecular weight is 1110 g/mol. The first-order chi connectivity index (χ1) is 43.0. The lowest BCUT2D eigenvalue weighted by molar-refractivity contribution is 0.668. The standard InChI is InChI=1S/C81H52N4O2/c1-47-21-10-14-34-64(47)82(66-36-20-31-60-56-27-12-16-37-69(56)86-80(60)66)52-40-43-54-58-29-18-32-62-73-72(51-25-8-5-9-26-51)79-74(71(50-23-6-4-7-24-50)78(73)84(76(58)62)67(54)45-52)63-33-19-30-59-55-44-41-53(46-68(55)85(79)77(59)63)83(65-35-15-11-22-48(65)2)75-49(3)39-42-61-57-28-13-17-38-70(57)87-81(61)75/h4-46H,1-3H3. The molecule has 6 aromatic heterocycles. The van der Waals surface area contributed by atoms with E-state index in [1.165, 1.54) is 81.8 Å². The van der Waals surface area contributed by atoms with Crippen molar-refractivity contribution >= 4 is 154 Å². The van der Waals surface area contributed by atoms with Crippen molar-refractivity contribution in [1.29, 1.82) is 0 Å². The van der Waals surface area contributed by atoms with E-state index >= 15 is 0 Å². The molecule has 0 saturated carbocycles. The molecule has 13 aromatic carbocycles. The highest BCUT2D eigenvalue weighted by atomic mass is 16.3. The van der Waals surface area contributed by atoms with E-state index in [1.54, 1.807) is 0 Å². The summed E-state index contributed by atoms with van der Waals surface area (Å²) in [6.07, 6.45) is 0. The Balaban J connectivity index is 0.962. The first kappa shape index (κ1) is 48.1. The Morgan fingerprint density at radius 2 is 0.701 bits per heavy atom. The van der Waals surface area contributed by atoms with Crippen molar-refractivity contribution in [3.63, 3.8) is 0 Å². The quantitative estimate of drug-likeness (QED) is 0.152. The van der Waals surface area contributed by atoms with Crippen molar-refractivity contribution in [3.8, 4) is 22.3 Å². The Labute approximate surface area is 499 Å². The molecular weight excluding hydrogens is 1060 g/mol. The van der Waals surface area contributed by atoms with E-state index in [1.807, 2.05) is 0 Å². The van der Waals surface area contributed by atoms with Crippen LogP contribution in [-0.4, -0.2) is 8.80 Å². The van der Waals surface area contributed by atoms with E-state index in [-0.39, 0.29) is 0 Å². The molecular formula is C81H52N4O2. The minimum Gasteiger partial charge on any atom is -0.454 e. The Morgan fingerprint density at radius 1 is 0.287 bits per heavy atom. The molecule has 0 fully saturated rings. The Bertz CT molecular complexity index is 6060. The highest BCUT2D eigenvalue weighted by Gasteiger charge is 2.32. The second-order valence-corrected chi connectivity index (χ2v) is 23.6. The summed E-state index contributed by atoms with van der Waals surface area (Å²) in [5.74, 6) is 0. The molecule has 0 N–H and O–H groups in total. The van der Waals surface area contributed by atoms with Gasteiger partial charge in [-0.15, -0.1) is 0 Å². The molecule has 19 aromatic rings. The van der Waals surface area contributed by atoms with Gasteiger partial charge in [-0.05, 0) is 103 Å². The van der Waals surface area contributed by atoms with Gasteiger partial charge < -0.3 is 27.4 Å². The normalized spacial score (nSPS) is 12.3. The zero-order valence-electron chi connectivity index (χ0n) is 47.9. The van der Waals surface area contributed by atoms with Crippen LogP contribution in [0.15, 0.2) is 270 Å². The van der Waals surface area contributed by atoms with E-state index in [0.717, 1.165) is 111 Å². The number of fused-ring (bicyclic) bond motifs is 18. The molecule has 0 saturated heterocycles. The number of nitrogens with zero attached hydrogens (tertiary/aromatic N) is 4. The fourth-order valence-electron chi connectivity index (χ4n) is 15.2. The molecule has 0 bridgehead atoms. The maximum Gasteiger partial charge on any atom is 0.159 e. The number of hydrogen-bond donors (Lipinski definition) is 0. The zero-order valence-corrected chi connectivity index (χ0v) is 47.9. The summed E-state index contributed by atoms with van der Waals surface area (Å²) in [6, 6.07) is 95.7. The summed E-state index contributed by atoms with van der Waals surface area (Å²) in [5, 5.41) is 14.1. The van der Waals surface area contributed by atoms with Gasteiger partial charge in [-0.2, -0.15) is 0 Å².